The second-order valence-electron chi connectivity index (χ2n) is 5.30. The average Bonchev–Trinajstić information content (AvgIpc) is 2.80. The molecule has 0 radical (unpaired) electrons. The molecule has 0 amide bonds. The van der Waals surface area contributed by atoms with E-state index in [0.717, 1.165) is 30.0 Å². The first-order valence-electron chi connectivity index (χ1n) is 6.68. The van der Waals surface area contributed by atoms with Gasteiger partial charge in [0.1, 0.15) is 0 Å². The number of fused-ring (bicyclic) bond motifs is 1. The van der Waals surface area contributed by atoms with Crippen molar-refractivity contribution in [2.45, 2.75) is 33.2 Å². The van der Waals surface area contributed by atoms with E-state index in [-0.39, 0.29) is 5.84 Å². The van der Waals surface area contributed by atoms with E-state index < -0.39 is 0 Å². The topological polar surface area (TPSA) is 63.5 Å². The molecule has 0 fully saturated rings. The third kappa shape index (κ3) is 3.08. The number of amidine groups is 1. The highest BCUT2D eigenvalue weighted by Crippen LogP contribution is 2.19. The van der Waals surface area contributed by atoms with Crippen LogP contribution in [-0.2, 0) is 6.54 Å². The highest BCUT2D eigenvalue weighted by Gasteiger charge is 2.05. The molecule has 2 aromatic rings. The monoisotopic (exact) mass is 259 g/mol. The van der Waals surface area contributed by atoms with Gasteiger partial charge >= 0.3 is 0 Å². The minimum atomic E-state index is 0.150. The number of nitrogens with two attached hydrogens (primary N) is 1. The molecule has 0 saturated carbocycles. The van der Waals surface area contributed by atoms with E-state index in [9.17, 15) is 0 Å². The summed E-state index contributed by atoms with van der Waals surface area (Å²) in [4.78, 5) is 0. The van der Waals surface area contributed by atoms with Crippen LogP contribution in [0.4, 0.5) is 0 Å². The van der Waals surface area contributed by atoms with Gasteiger partial charge in [-0.1, -0.05) is 31.1 Å². The second kappa shape index (κ2) is 5.78. The maximum absolute atomic E-state index is 8.74. The van der Waals surface area contributed by atoms with E-state index in [1.807, 2.05) is 18.2 Å². The van der Waals surface area contributed by atoms with Crippen molar-refractivity contribution in [3.05, 3.63) is 36.0 Å². The molecule has 0 unspecified atom stereocenters. The lowest BCUT2D eigenvalue weighted by Crippen LogP contribution is -2.13. The van der Waals surface area contributed by atoms with Crippen molar-refractivity contribution in [3.63, 3.8) is 0 Å². The van der Waals surface area contributed by atoms with Crippen LogP contribution in [0.25, 0.3) is 10.9 Å². The number of aromatic nitrogens is 1. The zero-order valence-electron chi connectivity index (χ0n) is 11.5. The molecule has 0 aliphatic heterocycles. The average molecular weight is 259 g/mol. The van der Waals surface area contributed by atoms with Gasteiger partial charge in [-0.05, 0) is 36.3 Å². The summed E-state index contributed by atoms with van der Waals surface area (Å²) < 4.78 is 2.23. The highest BCUT2D eigenvalue weighted by atomic mass is 16.4. The number of rotatable bonds is 5. The van der Waals surface area contributed by atoms with E-state index in [0.29, 0.717) is 0 Å². The summed E-state index contributed by atoms with van der Waals surface area (Å²) in [5.74, 6) is 0.881. The van der Waals surface area contributed by atoms with Gasteiger partial charge in [-0.2, -0.15) is 0 Å². The molecule has 0 aliphatic carbocycles. The van der Waals surface area contributed by atoms with Crippen LogP contribution < -0.4 is 5.73 Å². The highest BCUT2D eigenvalue weighted by molar-refractivity contribution is 6.00. The number of benzene rings is 1. The van der Waals surface area contributed by atoms with Crippen LogP contribution >= 0.6 is 0 Å². The Balaban J connectivity index is 2.24. The van der Waals surface area contributed by atoms with Gasteiger partial charge in [-0.25, -0.2) is 0 Å². The molecule has 0 aliphatic rings. The van der Waals surface area contributed by atoms with Crippen LogP contribution in [-0.4, -0.2) is 15.6 Å². The van der Waals surface area contributed by atoms with Crippen LogP contribution in [0.1, 0.15) is 32.3 Å². The molecule has 102 valence electrons. The minimum Gasteiger partial charge on any atom is -0.409 e. The van der Waals surface area contributed by atoms with Crippen molar-refractivity contribution >= 4 is 16.7 Å². The number of aryl methyl sites for hydroxylation is 1. The molecule has 4 heteroatoms. The van der Waals surface area contributed by atoms with Crippen LogP contribution in [0.3, 0.4) is 0 Å². The van der Waals surface area contributed by atoms with Gasteiger partial charge in [-0.3, -0.25) is 0 Å². The summed E-state index contributed by atoms with van der Waals surface area (Å²) >= 11 is 0. The Morgan fingerprint density at radius 3 is 2.84 bits per heavy atom. The lowest BCUT2D eigenvalue weighted by molar-refractivity contribution is 0.318. The molecule has 2 rings (SSSR count). The van der Waals surface area contributed by atoms with Gasteiger partial charge in [0.25, 0.3) is 0 Å². The lowest BCUT2D eigenvalue weighted by atomic mass is 10.1. The zero-order valence-corrected chi connectivity index (χ0v) is 11.5. The zero-order chi connectivity index (χ0) is 13.8. The molecule has 1 aromatic carbocycles. The van der Waals surface area contributed by atoms with Crippen LogP contribution in [0.15, 0.2) is 35.6 Å². The molecule has 1 aromatic heterocycles. The summed E-state index contributed by atoms with van der Waals surface area (Å²) in [6.45, 7) is 5.48. The molecule has 4 nitrogen and oxygen atoms in total. The first-order chi connectivity index (χ1) is 9.11. The second-order valence-corrected chi connectivity index (χ2v) is 5.30. The van der Waals surface area contributed by atoms with Crippen molar-refractivity contribution in [2.24, 2.45) is 16.8 Å². The molecule has 0 bridgehead atoms. The summed E-state index contributed by atoms with van der Waals surface area (Å²) in [5.41, 5.74) is 7.52. The smallest absolute Gasteiger partial charge is 0.170 e. The van der Waals surface area contributed by atoms with E-state index in [1.165, 1.54) is 11.8 Å². The molecule has 3 N–H and O–H groups in total. The predicted molar refractivity (Wildman–Crippen MR) is 78.5 cm³/mol. The summed E-state index contributed by atoms with van der Waals surface area (Å²) in [7, 11) is 0. The third-order valence-corrected chi connectivity index (χ3v) is 3.36. The maximum atomic E-state index is 8.74. The Hall–Kier alpha value is -1.97. The molecule has 0 saturated heterocycles. The molecular weight excluding hydrogens is 238 g/mol. The normalized spacial score (nSPS) is 12.5. The molecule has 19 heavy (non-hydrogen) atoms. The third-order valence-electron chi connectivity index (χ3n) is 3.36. The molecule has 0 atom stereocenters. The van der Waals surface area contributed by atoms with Gasteiger partial charge in [0, 0.05) is 23.8 Å². The van der Waals surface area contributed by atoms with Gasteiger partial charge < -0.3 is 15.5 Å². The molecular formula is C15H21N3O. The van der Waals surface area contributed by atoms with Crippen LogP contribution in [0.5, 0.6) is 0 Å². The predicted octanol–water partition coefficient (Wildman–Crippen LogP) is 3.17. The fraction of sp³-hybridized carbons (Fsp3) is 0.400. The Kier molecular flexibility index (Phi) is 4.10. The van der Waals surface area contributed by atoms with Crippen molar-refractivity contribution in [3.8, 4) is 0 Å². The summed E-state index contributed by atoms with van der Waals surface area (Å²) in [6.07, 6.45) is 4.48. The first-order valence-corrected chi connectivity index (χ1v) is 6.68. The van der Waals surface area contributed by atoms with Crippen molar-refractivity contribution in [1.82, 2.24) is 4.57 Å². The van der Waals surface area contributed by atoms with Crippen molar-refractivity contribution < 1.29 is 5.21 Å². The van der Waals surface area contributed by atoms with E-state index >= 15 is 0 Å². The number of nitrogens with zero attached hydrogens (tertiary/aromatic N) is 2. The van der Waals surface area contributed by atoms with Gasteiger partial charge in [-0.15, -0.1) is 0 Å². The van der Waals surface area contributed by atoms with E-state index in [4.69, 9.17) is 10.9 Å². The van der Waals surface area contributed by atoms with Gasteiger partial charge in [0.15, 0.2) is 5.84 Å². The lowest BCUT2D eigenvalue weighted by Gasteiger charge is -2.08. The van der Waals surface area contributed by atoms with Crippen molar-refractivity contribution in [1.29, 1.82) is 0 Å². The quantitative estimate of drug-likeness (QED) is 0.375. The standard InChI is InChI=1S/C15H21N3O/c1-11(2)4-3-8-18-9-7-12-5-6-13(10-14(12)18)15(16)17-19/h5-7,9-11,19H,3-4,8H2,1-2H3,(H2,16,17). The Morgan fingerprint density at radius 2 is 2.16 bits per heavy atom. The number of oxime groups is 1. The van der Waals surface area contributed by atoms with E-state index in [1.54, 1.807) is 0 Å². The van der Waals surface area contributed by atoms with Gasteiger partial charge in [0.2, 0.25) is 0 Å². The van der Waals surface area contributed by atoms with Gasteiger partial charge in [0.05, 0.1) is 0 Å². The fourth-order valence-electron chi connectivity index (χ4n) is 2.27. The Morgan fingerprint density at radius 1 is 1.37 bits per heavy atom. The van der Waals surface area contributed by atoms with Crippen molar-refractivity contribution in [2.75, 3.05) is 0 Å². The van der Waals surface area contributed by atoms with Crippen LogP contribution in [0.2, 0.25) is 0 Å². The summed E-state index contributed by atoms with van der Waals surface area (Å²) in [6, 6.07) is 7.94. The SMILES string of the molecule is CC(C)CCCn1ccc2ccc(/C(N)=N/O)cc21. The van der Waals surface area contributed by atoms with Crippen LogP contribution in [0, 0.1) is 5.92 Å². The number of hydrogen-bond donors (Lipinski definition) is 2. The summed E-state index contributed by atoms with van der Waals surface area (Å²) in [5, 5.41) is 13.0. The fourth-order valence-corrected chi connectivity index (χ4v) is 2.27. The van der Waals surface area contributed by atoms with E-state index in [2.05, 4.69) is 35.8 Å². The Bertz CT molecular complexity index is 584. The maximum Gasteiger partial charge on any atom is 0.170 e. The minimum absolute atomic E-state index is 0.150. The number of hydrogen-bond acceptors (Lipinski definition) is 2. The molecule has 0 spiro atoms. The largest absolute Gasteiger partial charge is 0.409 e. The molecule has 1 heterocycles. The Labute approximate surface area is 113 Å². The first kappa shape index (κ1) is 13.5.